The second-order valence-corrected chi connectivity index (χ2v) is 9.04. The molecule has 2 heterocycles. The Kier molecular flexibility index (Phi) is 7.81. The second kappa shape index (κ2) is 10.8. The van der Waals surface area contributed by atoms with Crippen molar-refractivity contribution in [2.45, 2.75) is 31.2 Å². The summed E-state index contributed by atoms with van der Waals surface area (Å²) in [7, 11) is 0. The lowest BCUT2D eigenvalue weighted by Crippen LogP contribution is -2.13. The summed E-state index contributed by atoms with van der Waals surface area (Å²) >= 11 is 2.47. The van der Waals surface area contributed by atoms with E-state index in [2.05, 4.69) is 14.7 Å². The number of carbonyl (C=O) groups is 1. The standard InChI is InChI=1S/C21H19N5O5S2/c1-4-30-14-5-7-16(17(10-14)26(28)29)18-8-6-15(31-18)9-13(11-22)19(27)23-20-24-21(25-33-20)32-12(2)3/h5-10,12H,4H2,1-3H3,(H,23,24,25,27)/b13-9-. The van der Waals surface area contributed by atoms with Gasteiger partial charge in [0.05, 0.1) is 23.2 Å². The van der Waals surface area contributed by atoms with Gasteiger partial charge in [-0.2, -0.15) is 14.6 Å². The van der Waals surface area contributed by atoms with Crippen molar-refractivity contribution in [1.29, 1.82) is 5.26 Å². The van der Waals surface area contributed by atoms with Crippen LogP contribution >= 0.6 is 23.3 Å². The Balaban J connectivity index is 1.81. The van der Waals surface area contributed by atoms with Gasteiger partial charge >= 0.3 is 0 Å². The number of ether oxygens (including phenoxy) is 1. The highest BCUT2D eigenvalue weighted by Crippen LogP contribution is 2.34. The lowest BCUT2D eigenvalue weighted by molar-refractivity contribution is -0.384. The lowest BCUT2D eigenvalue weighted by atomic mass is 10.1. The van der Waals surface area contributed by atoms with Crippen LogP contribution in [0.2, 0.25) is 0 Å². The van der Waals surface area contributed by atoms with Crippen molar-refractivity contribution >= 4 is 46.1 Å². The van der Waals surface area contributed by atoms with Crippen LogP contribution < -0.4 is 10.1 Å². The van der Waals surface area contributed by atoms with Crippen molar-refractivity contribution in [1.82, 2.24) is 9.36 Å². The molecule has 0 unspecified atom stereocenters. The minimum Gasteiger partial charge on any atom is -0.494 e. The Morgan fingerprint density at radius 2 is 2.21 bits per heavy atom. The average molecular weight is 486 g/mol. The number of nitro benzene ring substituents is 1. The van der Waals surface area contributed by atoms with Crippen molar-refractivity contribution in [3.8, 4) is 23.1 Å². The van der Waals surface area contributed by atoms with Crippen molar-refractivity contribution in [2.24, 2.45) is 0 Å². The molecule has 0 radical (unpaired) electrons. The van der Waals surface area contributed by atoms with Gasteiger partial charge in [-0.3, -0.25) is 20.2 Å². The topological polar surface area (TPSA) is 144 Å². The molecule has 0 aliphatic heterocycles. The Hall–Kier alpha value is -3.69. The number of nitrogens with zero attached hydrogens (tertiary/aromatic N) is 4. The van der Waals surface area contributed by atoms with Crippen LogP contribution in [0.4, 0.5) is 10.8 Å². The Bertz CT molecular complexity index is 1240. The number of benzene rings is 1. The van der Waals surface area contributed by atoms with Crippen molar-refractivity contribution < 1.29 is 18.9 Å². The van der Waals surface area contributed by atoms with Crippen LogP contribution in [0.1, 0.15) is 26.5 Å². The van der Waals surface area contributed by atoms with Gasteiger partial charge in [0.1, 0.15) is 28.9 Å². The third-order valence-corrected chi connectivity index (χ3v) is 5.60. The summed E-state index contributed by atoms with van der Waals surface area (Å²) in [6.07, 6.45) is 1.25. The van der Waals surface area contributed by atoms with Gasteiger partial charge in [0, 0.05) is 22.9 Å². The quantitative estimate of drug-likeness (QED) is 0.143. The Morgan fingerprint density at radius 1 is 1.42 bits per heavy atom. The zero-order chi connectivity index (χ0) is 24.0. The van der Waals surface area contributed by atoms with Crippen molar-refractivity contribution in [3.63, 3.8) is 0 Å². The number of furan rings is 1. The molecule has 33 heavy (non-hydrogen) atoms. The molecule has 2 aromatic heterocycles. The second-order valence-electron chi connectivity index (χ2n) is 6.74. The highest BCUT2D eigenvalue weighted by atomic mass is 32.2. The van der Waals surface area contributed by atoms with Crippen molar-refractivity contribution in [3.05, 3.63) is 51.8 Å². The molecule has 3 rings (SSSR count). The van der Waals surface area contributed by atoms with Crippen LogP contribution in [-0.4, -0.2) is 32.0 Å². The molecule has 3 aromatic rings. The predicted molar refractivity (Wildman–Crippen MR) is 125 cm³/mol. The number of hydrogen-bond acceptors (Lipinski definition) is 10. The molecule has 1 amide bonds. The summed E-state index contributed by atoms with van der Waals surface area (Å²) in [4.78, 5) is 27.7. The highest BCUT2D eigenvalue weighted by Gasteiger charge is 2.20. The maximum absolute atomic E-state index is 12.5. The van der Waals surface area contributed by atoms with Gasteiger partial charge < -0.3 is 9.15 Å². The molecule has 10 nitrogen and oxygen atoms in total. The summed E-state index contributed by atoms with van der Waals surface area (Å²) in [5.41, 5.74) is -0.157. The third kappa shape index (κ3) is 6.18. The molecule has 0 spiro atoms. The van der Waals surface area contributed by atoms with E-state index in [1.165, 1.54) is 42.1 Å². The van der Waals surface area contributed by atoms with Crippen LogP contribution in [-0.2, 0) is 4.79 Å². The minimum absolute atomic E-state index is 0.185. The number of nitriles is 1. The van der Waals surface area contributed by atoms with E-state index >= 15 is 0 Å². The van der Waals surface area contributed by atoms with E-state index in [9.17, 15) is 20.2 Å². The molecule has 0 bridgehead atoms. The summed E-state index contributed by atoms with van der Waals surface area (Å²) in [5.74, 6) is 0.107. The summed E-state index contributed by atoms with van der Waals surface area (Å²) in [6, 6.07) is 9.32. The Morgan fingerprint density at radius 3 is 2.88 bits per heavy atom. The van der Waals surface area contributed by atoms with Crippen LogP contribution in [0.5, 0.6) is 5.75 Å². The summed E-state index contributed by atoms with van der Waals surface area (Å²) < 4.78 is 15.1. The van der Waals surface area contributed by atoms with Crippen LogP contribution in [0.25, 0.3) is 17.4 Å². The lowest BCUT2D eigenvalue weighted by Gasteiger charge is -2.05. The van der Waals surface area contributed by atoms with E-state index in [0.717, 1.165) is 11.5 Å². The van der Waals surface area contributed by atoms with Gasteiger partial charge in [-0.25, -0.2) is 0 Å². The molecule has 12 heteroatoms. The molecule has 0 aliphatic rings. The molecular formula is C21H19N5O5S2. The van der Waals surface area contributed by atoms with E-state index in [1.807, 2.05) is 19.9 Å². The first-order chi connectivity index (χ1) is 15.8. The monoisotopic (exact) mass is 485 g/mol. The molecular weight excluding hydrogens is 466 g/mol. The Labute approximate surface area is 197 Å². The first kappa shape index (κ1) is 24.0. The van der Waals surface area contributed by atoms with Crippen LogP contribution in [0.3, 0.4) is 0 Å². The summed E-state index contributed by atoms with van der Waals surface area (Å²) in [5, 5.41) is 24.6. The van der Waals surface area contributed by atoms with Gasteiger partial charge in [0.25, 0.3) is 11.6 Å². The number of nitrogens with one attached hydrogen (secondary N) is 1. The summed E-state index contributed by atoms with van der Waals surface area (Å²) in [6.45, 7) is 6.16. The third-order valence-electron chi connectivity index (χ3n) is 3.99. The van der Waals surface area contributed by atoms with Gasteiger partial charge in [-0.05, 0) is 31.2 Å². The van der Waals surface area contributed by atoms with Gasteiger partial charge in [-0.1, -0.05) is 25.6 Å². The molecule has 0 saturated heterocycles. The average Bonchev–Trinajstić information content (AvgIpc) is 3.41. The van der Waals surface area contributed by atoms with Gasteiger partial charge in [0.15, 0.2) is 0 Å². The first-order valence-corrected chi connectivity index (χ1v) is 11.4. The highest BCUT2D eigenvalue weighted by molar-refractivity contribution is 7.99. The van der Waals surface area contributed by atoms with Gasteiger partial charge in [-0.15, -0.1) is 0 Å². The molecule has 170 valence electrons. The molecule has 0 fully saturated rings. The number of nitro groups is 1. The molecule has 0 saturated carbocycles. The van der Waals surface area contributed by atoms with Crippen LogP contribution in [0, 0.1) is 21.4 Å². The predicted octanol–water partition coefficient (Wildman–Crippen LogP) is 5.15. The van der Waals surface area contributed by atoms with E-state index in [4.69, 9.17) is 9.15 Å². The zero-order valence-electron chi connectivity index (χ0n) is 17.9. The fourth-order valence-electron chi connectivity index (χ4n) is 2.68. The number of thioether (sulfide) groups is 1. The van der Waals surface area contributed by atoms with Gasteiger partial charge in [0.2, 0.25) is 10.3 Å². The largest absolute Gasteiger partial charge is 0.494 e. The fourth-order valence-corrected chi connectivity index (χ4v) is 4.06. The number of amides is 1. The smallest absolute Gasteiger partial charge is 0.284 e. The number of carbonyl (C=O) groups excluding carboxylic acids is 1. The minimum atomic E-state index is -0.667. The van der Waals surface area contributed by atoms with Crippen LogP contribution in [0.15, 0.2) is 45.5 Å². The number of hydrogen-bond donors (Lipinski definition) is 1. The number of aromatic nitrogens is 2. The van der Waals surface area contributed by atoms with E-state index in [0.29, 0.717) is 17.5 Å². The molecule has 1 aromatic carbocycles. The number of rotatable bonds is 9. The van der Waals surface area contributed by atoms with Crippen molar-refractivity contribution in [2.75, 3.05) is 11.9 Å². The zero-order valence-corrected chi connectivity index (χ0v) is 19.5. The molecule has 1 N–H and O–H groups in total. The normalized spacial score (nSPS) is 11.3. The molecule has 0 aliphatic carbocycles. The first-order valence-electron chi connectivity index (χ1n) is 9.75. The maximum Gasteiger partial charge on any atom is 0.284 e. The number of anilines is 1. The van der Waals surface area contributed by atoms with E-state index in [-0.39, 0.29) is 38.7 Å². The maximum atomic E-state index is 12.5. The van der Waals surface area contributed by atoms with E-state index < -0.39 is 10.8 Å². The fraction of sp³-hybridized carbons (Fsp3) is 0.238. The molecule has 0 atom stereocenters. The van der Waals surface area contributed by atoms with E-state index in [1.54, 1.807) is 13.0 Å². The SMILES string of the molecule is CCOc1ccc(-c2ccc(/C=C(/C#N)C(=O)Nc3nc(SC(C)C)ns3)o2)c([N+](=O)[O-])c1.